The highest BCUT2D eigenvalue weighted by atomic mass is 31.1. The first-order valence-electron chi connectivity index (χ1n) is 4.14. The van der Waals surface area contributed by atoms with E-state index in [1.807, 2.05) is 42.5 Å². The molecule has 0 aromatic heterocycles. The van der Waals surface area contributed by atoms with Crippen LogP contribution in [0.1, 0.15) is 12.0 Å². The quantitative estimate of drug-likeness (QED) is 0.750. The van der Waals surface area contributed by atoms with E-state index in [9.17, 15) is 4.57 Å². The van der Waals surface area contributed by atoms with Crippen molar-refractivity contribution < 1.29 is 9.46 Å². The zero-order valence-corrected chi connectivity index (χ0v) is 8.15. The van der Waals surface area contributed by atoms with Crippen molar-refractivity contribution in [2.24, 2.45) is 0 Å². The summed E-state index contributed by atoms with van der Waals surface area (Å²) in [6.07, 6.45) is 4.87. The van der Waals surface area contributed by atoms with Crippen molar-refractivity contribution in [3.05, 3.63) is 42.0 Å². The van der Waals surface area contributed by atoms with Crippen molar-refractivity contribution in [2.75, 3.05) is 6.16 Å². The van der Waals surface area contributed by atoms with Crippen LogP contribution in [0, 0.1) is 0 Å². The first kappa shape index (κ1) is 10.1. The highest BCUT2D eigenvalue weighted by molar-refractivity contribution is 7.37. The molecule has 0 saturated heterocycles. The predicted octanol–water partition coefficient (Wildman–Crippen LogP) is 2.82. The predicted molar refractivity (Wildman–Crippen MR) is 54.8 cm³/mol. The van der Waals surface area contributed by atoms with Gasteiger partial charge < -0.3 is 0 Å². The summed E-state index contributed by atoms with van der Waals surface area (Å²) in [6, 6.07) is 9.88. The van der Waals surface area contributed by atoms with Gasteiger partial charge in [-0.2, -0.15) is 4.89 Å². The van der Waals surface area contributed by atoms with Gasteiger partial charge in [0.15, 0.2) is 6.16 Å². The molecule has 0 radical (unpaired) electrons. The molecule has 0 aliphatic heterocycles. The summed E-state index contributed by atoms with van der Waals surface area (Å²) in [5.41, 5.74) is 1.12. The third kappa shape index (κ3) is 4.56. The fraction of sp³-hybridized carbons (Fsp3) is 0.200. The SMILES string of the molecule is O=[P+](O)CCC=Cc1ccccc1. The molecule has 0 spiro atoms. The molecule has 13 heavy (non-hydrogen) atoms. The molecule has 0 aliphatic rings. The molecular formula is C10H12O2P+. The largest absolute Gasteiger partial charge is 0.505 e. The summed E-state index contributed by atoms with van der Waals surface area (Å²) in [6.45, 7) is 0. The first-order valence-corrected chi connectivity index (χ1v) is 5.54. The Morgan fingerprint density at radius 2 is 2.00 bits per heavy atom. The van der Waals surface area contributed by atoms with Crippen molar-refractivity contribution in [2.45, 2.75) is 6.42 Å². The van der Waals surface area contributed by atoms with Crippen LogP contribution in [0.4, 0.5) is 0 Å². The Morgan fingerprint density at radius 3 is 2.62 bits per heavy atom. The second kappa shape index (κ2) is 5.63. The second-order valence-corrected chi connectivity index (χ2v) is 3.83. The lowest BCUT2D eigenvalue weighted by molar-refractivity contribution is 0.503. The maximum atomic E-state index is 10.3. The zero-order valence-electron chi connectivity index (χ0n) is 7.26. The fourth-order valence-corrected chi connectivity index (χ4v) is 1.34. The Bertz CT molecular complexity index is 293. The van der Waals surface area contributed by atoms with E-state index in [1.54, 1.807) is 0 Å². The number of rotatable bonds is 4. The van der Waals surface area contributed by atoms with E-state index in [4.69, 9.17) is 4.89 Å². The van der Waals surface area contributed by atoms with Gasteiger partial charge in [0, 0.05) is 6.42 Å². The molecule has 3 heteroatoms. The molecule has 68 valence electrons. The van der Waals surface area contributed by atoms with Crippen LogP contribution in [-0.2, 0) is 4.57 Å². The van der Waals surface area contributed by atoms with Gasteiger partial charge in [-0.1, -0.05) is 42.5 Å². The van der Waals surface area contributed by atoms with Crippen molar-refractivity contribution in [3.8, 4) is 0 Å². The van der Waals surface area contributed by atoms with E-state index in [0.29, 0.717) is 12.6 Å². The molecular weight excluding hydrogens is 183 g/mol. The monoisotopic (exact) mass is 195 g/mol. The zero-order chi connectivity index (χ0) is 9.52. The van der Waals surface area contributed by atoms with Crippen LogP contribution in [0.25, 0.3) is 6.08 Å². The van der Waals surface area contributed by atoms with E-state index in [0.717, 1.165) is 5.56 Å². The van der Waals surface area contributed by atoms with Crippen molar-refractivity contribution in [1.29, 1.82) is 0 Å². The molecule has 1 rings (SSSR count). The summed E-state index contributed by atoms with van der Waals surface area (Å²) < 4.78 is 10.3. The van der Waals surface area contributed by atoms with Gasteiger partial charge >= 0.3 is 8.03 Å². The Balaban J connectivity index is 2.37. The highest BCUT2D eigenvalue weighted by Gasteiger charge is 2.05. The summed E-state index contributed by atoms with van der Waals surface area (Å²) in [7, 11) is -1.98. The Kier molecular flexibility index (Phi) is 4.37. The minimum Gasteiger partial charge on any atom is -0.161 e. The highest BCUT2D eigenvalue weighted by Crippen LogP contribution is 2.14. The molecule has 1 unspecified atom stereocenters. The topological polar surface area (TPSA) is 37.3 Å². The lowest BCUT2D eigenvalue weighted by atomic mass is 10.2. The molecule has 1 aromatic rings. The van der Waals surface area contributed by atoms with Crippen LogP contribution < -0.4 is 0 Å². The molecule has 0 saturated carbocycles. The van der Waals surface area contributed by atoms with Crippen molar-refractivity contribution in [3.63, 3.8) is 0 Å². The number of benzene rings is 1. The Hall–Kier alpha value is -0.980. The van der Waals surface area contributed by atoms with Crippen molar-refractivity contribution >= 4 is 14.1 Å². The van der Waals surface area contributed by atoms with Gasteiger partial charge in [0.05, 0.1) is 0 Å². The van der Waals surface area contributed by atoms with Gasteiger partial charge in [0.25, 0.3) is 0 Å². The first-order chi connectivity index (χ1) is 6.29. The number of hydrogen-bond acceptors (Lipinski definition) is 1. The minimum atomic E-state index is -1.98. The van der Waals surface area contributed by atoms with Gasteiger partial charge in [0.2, 0.25) is 0 Å². The van der Waals surface area contributed by atoms with E-state index in [1.165, 1.54) is 0 Å². The fourth-order valence-electron chi connectivity index (χ4n) is 0.969. The third-order valence-electron chi connectivity index (χ3n) is 1.60. The summed E-state index contributed by atoms with van der Waals surface area (Å²) in [5, 5.41) is 0. The Labute approximate surface area is 78.8 Å². The molecule has 0 aliphatic carbocycles. The maximum Gasteiger partial charge on any atom is 0.505 e. The van der Waals surface area contributed by atoms with Gasteiger partial charge in [0.1, 0.15) is 0 Å². The van der Waals surface area contributed by atoms with E-state index in [-0.39, 0.29) is 0 Å². The van der Waals surface area contributed by atoms with Crippen LogP contribution in [0.2, 0.25) is 0 Å². The molecule has 0 amide bonds. The standard InChI is InChI=1S/C10H11O2P/c11-13(12)9-5-4-8-10-6-2-1-3-7-10/h1-4,6-8H,5,9H2/p+1. The molecule has 1 N–H and O–H groups in total. The van der Waals surface area contributed by atoms with Crippen molar-refractivity contribution in [1.82, 2.24) is 0 Å². The second-order valence-electron chi connectivity index (χ2n) is 2.68. The molecule has 0 fully saturated rings. The number of hydrogen-bond donors (Lipinski definition) is 1. The van der Waals surface area contributed by atoms with E-state index >= 15 is 0 Å². The van der Waals surface area contributed by atoms with Crippen LogP contribution >= 0.6 is 8.03 Å². The van der Waals surface area contributed by atoms with Crippen LogP contribution in [-0.4, -0.2) is 11.1 Å². The average molecular weight is 195 g/mol. The lowest BCUT2D eigenvalue weighted by Gasteiger charge is -1.88. The smallest absolute Gasteiger partial charge is 0.161 e. The summed E-state index contributed by atoms with van der Waals surface area (Å²) >= 11 is 0. The molecule has 1 aromatic carbocycles. The van der Waals surface area contributed by atoms with E-state index < -0.39 is 8.03 Å². The average Bonchev–Trinajstić information content (AvgIpc) is 2.14. The third-order valence-corrected chi connectivity index (χ3v) is 2.24. The summed E-state index contributed by atoms with van der Waals surface area (Å²) in [4.78, 5) is 8.52. The molecule has 2 nitrogen and oxygen atoms in total. The summed E-state index contributed by atoms with van der Waals surface area (Å²) in [5.74, 6) is 0. The number of allylic oxidation sites excluding steroid dienone is 1. The molecule has 1 atom stereocenters. The van der Waals surface area contributed by atoms with Crippen LogP contribution in [0.3, 0.4) is 0 Å². The van der Waals surface area contributed by atoms with Gasteiger partial charge in [-0.05, 0) is 10.1 Å². The van der Waals surface area contributed by atoms with Gasteiger partial charge in [-0.15, -0.1) is 0 Å². The minimum absolute atomic E-state index is 0.346. The van der Waals surface area contributed by atoms with Gasteiger partial charge in [-0.25, -0.2) is 0 Å². The molecule has 0 bridgehead atoms. The van der Waals surface area contributed by atoms with Crippen LogP contribution in [0.5, 0.6) is 0 Å². The lowest BCUT2D eigenvalue weighted by Crippen LogP contribution is -1.73. The maximum absolute atomic E-state index is 10.3. The van der Waals surface area contributed by atoms with E-state index in [2.05, 4.69) is 0 Å². The normalized spacial score (nSPS) is 11.9. The Morgan fingerprint density at radius 1 is 1.31 bits per heavy atom. The molecule has 0 heterocycles. The van der Waals surface area contributed by atoms with Crippen LogP contribution in [0.15, 0.2) is 36.4 Å². The van der Waals surface area contributed by atoms with Gasteiger partial charge in [-0.3, -0.25) is 0 Å².